The zero-order chi connectivity index (χ0) is 15.5. The first-order valence-electron chi connectivity index (χ1n) is 5.79. The van der Waals surface area contributed by atoms with E-state index in [1.165, 1.54) is 12.1 Å². The molecule has 0 unspecified atom stereocenters. The number of nitrogens with one attached hydrogen (secondary N) is 3. The molecule has 21 heavy (non-hydrogen) atoms. The van der Waals surface area contributed by atoms with Crippen LogP contribution in [0.2, 0.25) is 10.0 Å². The average molecular weight is 351 g/mol. The number of aromatic nitrogens is 4. The minimum atomic E-state index is -3.81. The standard InChI is InChI=1S/C10H12Cl2N6O2S/c1-13-4-6-7(11)2-3-8(10(6)12)21(19,20)14-5-9-15-17-18-16-9/h2-3,13-14H,4-5H2,1H3,(H,15,16,17,18). The number of benzene rings is 1. The minimum Gasteiger partial charge on any atom is -0.316 e. The minimum absolute atomic E-state index is 0.0534. The number of hydrogen-bond acceptors (Lipinski definition) is 6. The molecule has 0 aliphatic heterocycles. The highest BCUT2D eigenvalue weighted by Crippen LogP contribution is 2.30. The molecule has 1 heterocycles. The lowest BCUT2D eigenvalue weighted by atomic mass is 10.2. The SMILES string of the molecule is CNCc1c(Cl)ccc(S(=O)(=O)NCc2nn[nH]n2)c1Cl. The zero-order valence-corrected chi connectivity index (χ0v) is 13.2. The van der Waals surface area contributed by atoms with Crippen LogP contribution in [0.3, 0.4) is 0 Å². The number of nitrogens with zero attached hydrogens (tertiary/aromatic N) is 3. The molecule has 0 radical (unpaired) electrons. The second-order valence-corrected chi connectivity index (χ2v) is 6.54. The highest BCUT2D eigenvalue weighted by molar-refractivity contribution is 7.89. The topological polar surface area (TPSA) is 113 Å². The maximum atomic E-state index is 12.3. The van der Waals surface area contributed by atoms with E-state index in [2.05, 4.69) is 30.7 Å². The molecule has 0 saturated carbocycles. The van der Waals surface area contributed by atoms with E-state index in [4.69, 9.17) is 23.2 Å². The van der Waals surface area contributed by atoms with Crippen LogP contribution in [0.1, 0.15) is 11.4 Å². The molecule has 0 saturated heterocycles. The predicted octanol–water partition coefficient (Wildman–Crippen LogP) is 0.704. The molecular formula is C10H12Cl2N6O2S. The van der Waals surface area contributed by atoms with Crippen LogP contribution < -0.4 is 10.0 Å². The molecule has 0 aliphatic carbocycles. The van der Waals surface area contributed by atoms with Gasteiger partial charge in [-0.2, -0.15) is 5.21 Å². The van der Waals surface area contributed by atoms with E-state index >= 15 is 0 Å². The monoisotopic (exact) mass is 350 g/mol. The van der Waals surface area contributed by atoms with Gasteiger partial charge >= 0.3 is 0 Å². The molecule has 114 valence electrons. The summed E-state index contributed by atoms with van der Waals surface area (Å²) in [6.07, 6.45) is 0. The van der Waals surface area contributed by atoms with Crippen molar-refractivity contribution < 1.29 is 8.42 Å². The molecule has 0 fully saturated rings. The highest BCUT2D eigenvalue weighted by Gasteiger charge is 2.21. The van der Waals surface area contributed by atoms with E-state index < -0.39 is 10.0 Å². The molecule has 1 aromatic heterocycles. The molecule has 2 rings (SSSR count). The van der Waals surface area contributed by atoms with Gasteiger partial charge in [0, 0.05) is 17.1 Å². The molecule has 11 heteroatoms. The van der Waals surface area contributed by atoms with Gasteiger partial charge < -0.3 is 5.32 Å². The Bertz CT molecular complexity index is 719. The molecule has 8 nitrogen and oxygen atoms in total. The van der Waals surface area contributed by atoms with E-state index in [0.29, 0.717) is 17.1 Å². The molecule has 3 N–H and O–H groups in total. The fourth-order valence-corrected chi connectivity index (χ4v) is 3.51. The number of tetrazole rings is 1. The second-order valence-electron chi connectivity index (χ2n) is 4.02. The van der Waals surface area contributed by atoms with Crippen LogP contribution in [0.15, 0.2) is 17.0 Å². The number of rotatable bonds is 6. The lowest BCUT2D eigenvalue weighted by molar-refractivity contribution is 0.579. The molecule has 1 aromatic carbocycles. The number of H-pyrrole nitrogens is 1. The van der Waals surface area contributed by atoms with Crippen LogP contribution in [-0.4, -0.2) is 36.1 Å². The lowest BCUT2D eigenvalue weighted by Crippen LogP contribution is -2.24. The van der Waals surface area contributed by atoms with Crippen molar-refractivity contribution in [2.45, 2.75) is 18.0 Å². The lowest BCUT2D eigenvalue weighted by Gasteiger charge is -2.12. The van der Waals surface area contributed by atoms with Crippen molar-refractivity contribution >= 4 is 33.2 Å². The van der Waals surface area contributed by atoms with Crippen LogP contribution in [0.5, 0.6) is 0 Å². The average Bonchev–Trinajstić information content (AvgIpc) is 2.94. The Morgan fingerprint density at radius 2 is 2.05 bits per heavy atom. The van der Waals surface area contributed by atoms with Gasteiger partial charge in [0.05, 0.1) is 11.6 Å². The Balaban J connectivity index is 2.29. The van der Waals surface area contributed by atoms with E-state index in [-0.39, 0.29) is 22.3 Å². The summed E-state index contributed by atoms with van der Waals surface area (Å²) >= 11 is 12.2. The third kappa shape index (κ3) is 3.69. The molecule has 0 aliphatic rings. The second kappa shape index (κ2) is 6.67. The van der Waals surface area contributed by atoms with Gasteiger partial charge in [0.25, 0.3) is 0 Å². The summed E-state index contributed by atoms with van der Waals surface area (Å²) in [6, 6.07) is 2.84. The van der Waals surface area contributed by atoms with E-state index in [1.807, 2.05) is 0 Å². The van der Waals surface area contributed by atoms with Gasteiger partial charge in [-0.3, -0.25) is 0 Å². The first-order chi connectivity index (χ1) is 9.95. The molecule has 2 aromatic rings. The number of halogens is 2. The van der Waals surface area contributed by atoms with Crippen molar-refractivity contribution in [3.63, 3.8) is 0 Å². The summed E-state index contributed by atoms with van der Waals surface area (Å²) < 4.78 is 26.9. The summed E-state index contributed by atoms with van der Waals surface area (Å²) in [7, 11) is -2.10. The van der Waals surface area contributed by atoms with Gasteiger partial charge in [0.15, 0.2) is 5.82 Å². The van der Waals surface area contributed by atoms with Crippen molar-refractivity contribution in [2.24, 2.45) is 0 Å². The smallest absolute Gasteiger partial charge is 0.242 e. The Kier molecular flexibility index (Phi) is 5.12. The van der Waals surface area contributed by atoms with Gasteiger partial charge in [-0.25, -0.2) is 13.1 Å². The van der Waals surface area contributed by atoms with Crippen LogP contribution >= 0.6 is 23.2 Å². The van der Waals surface area contributed by atoms with Gasteiger partial charge in [-0.15, -0.1) is 10.2 Å². The van der Waals surface area contributed by atoms with Crippen molar-refractivity contribution in [3.05, 3.63) is 33.6 Å². The van der Waals surface area contributed by atoms with Crippen LogP contribution in [-0.2, 0) is 23.1 Å². The largest absolute Gasteiger partial charge is 0.316 e. The summed E-state index contributed by atoms with van der Waals surface area (Å²) in [5.74, 6) is 0.221. The third-order valence-electron chi connectivity index (χ3n) is 2.60. The van der Waals surface area contributed by atoms with Gasteiger partial charge in [0.2, 0.25) is 10.0 Å². The predicted molar refractivity (Wildman–Crippen MR) is 77.4 cm³/mol. The molecule has 0 amide bonds. The third-order valence-corrected chi connectivity index (χ3v) is 4.94. The first kappa shape index (κ1) is 16.1. The summed E-state index contributed by atoms with van der Waals surface area (Å²) in [4.78, 5) is -0.0534. The molecule has 0 atom stereocenters. The maximum Gasteiger partial charge on any atom is 0.242 e. The summed E-state index contributed by atoms with van der Waals surface area (Å²) in [5.41, 5.74) is 0.517. The van der Waals surface area contributed by atoms with E-state index in [9.17, 15) is 8.42 Å². The maximum absolute atomic E-state index is 12.3. The van der Waals surface area contributed by atoms with Gasteiger partial charge in [-0.1, -0.05) is 28.4 Å². The van der Waals surface area contributed by atoms with E-state index in [0.717, 1.165) is 0 Å². The van der Waals surface area contributed by atoms with E-state index in [1.54, 1.807) is 7.05 Å². The normalized spacial score (nSPS) is 11.8. The molecular weight excluding hydrogens is 339 g/mol. The molecule has 0 bridgehead atoms. The van der Waals surface area contributed by atoms with Crippen molar-refractivity contribution in [1.82, 2.24) is 30.7 Å². The molecule has 0 spiro atoms. The Hall–Kier alpha value is -1.26. The van der Waals surface area contributed by atoms with Crippen LogP contribution in [0.25, 0.3) is 0 Å². The van der Waals surface area contributed by atoms with Crippen LogP contribution in [0, 0.1) is 0 Å². The van der Waals surface area contributed by atoms with Crippen molar-refractivity contribution in [2.75, 3.05) is 7.05 Å². The first-order valence-corrected chi connectivity index (χ1v) is 8.03. The number of aromatic amines is 1. The van der Waals surface area contributed by atoms with Crippen LogP contribution in [0.4, 0.5) is 0 Å². The van der Waals surface area contributed by atoms with Gasteiger partial charge in [0.1, 0.15) is 4.90 Å². The fraction of sp³-hybridized carbons (Fsp3) is 0.300. The number of hydrogen-bond donors (Lipinski definition) is 3. The van der Waals surface area contributed by atoms with Crippen molar-refractivity contribution in [3.8, 4) is 0 Å². The zero-order valence-electron chi connectivity index (χ0n) is 10.9. The quantitative estimate of drug-likeness (QED) is 0.706. The summed E-state index contributed by atoms with van der Waals surface area (Å²) in [6.45, 7) is 0.255. The Morgan fingerprint density at radius 3 is 2.67 bits per heavy atom. The van der Waals surface area contributed by atoms with Gasteiger partial charge in [-0.05, 0) is 19.2 Å². The Labute approximate surface area is 131 Å². The highest BCUT2D eigenvalue weighted by atomic mass is 35.5. The number of sulfonamides is 1. The summed E-state index contributed by atoms with van der Waals surface area (Å²) in [5, 5.41) is 16.2. The van der Waals surface area contributed by atoms with Crippen molar-refractivity contribution in [1.29, 1.82) is 0 Å². The Morgan fingerprint density at radius 1 is 1.29 bits per heavy atom. The fourth-order valence-electron chi connectivity index (χ4n) is 1.62.